The number of hydrogen-bond donors (Lipinski definition) is 1. The molecule has 0 atom stereocenters. The summed E-state index contributed by atoms with van der Waals surface area (Å²) in [7, 11) is 0. The number of aromatic amines is 1. The first kappa shape index (κ1) is 19.7. The minimum absolute atomic E-state index is 0.596. The number of aromatic nitrogens is 3. The second-order valence-electron chi connectivity index (χ2n) is 8.07. The number of nitrogens with one attached hydrogen (secondary N) is 1. The Morgan fingerprint density at radius 3 is 2.70 bits per heavy atom. The lowest BCUT2D eigenvalue weighted by Crippen LogP contribution is -2.34. The Labute approximate surface area is 186 Å². The van der Waals surface area contributed by atoms with Gasteiger partial charge in [0.1, 0.15) is 0 Å². The van der Waals surface area contributed by atoms with E-state index in [0.717, 1.165) is 41.8 Å². The molecule has 1 aliphatic heterocycles. The van der Waals surface area contributed by atoms with Gasteiger partial charge in [-0.15, -0.1) is 0 Å². The van der Waals surface area contributed by atoms with Crippen LogP contribution < -0.4 is 0 Å². The Morgan fingerprint density at radius 1 is 1.03 bits per heavy atom. The second kappa shape index (κ2) is 8.46. The third-order valence-corrected chi connectivity index (χ3v) is 6.60. The number of halogens is 2. The molecule has 0 unspecified atom stereocenters. The van der Waals surface area contributed by atoms with E-state index in [9.17, 15) is 0 Å². The van der Waals surface area contributed by atoms with Gasteiger partial charge in [-0.3, -0.25) is 0 Å². The van der Waals surface area contributed by atoms with E-state index < -0.39 is 0 Å². The minimum atomic E-state index is 0.596. The van der Waals surface area contributed by atoms with Crippen LogP contribution >= 0.6 is 23.2 Å². The van der Waals surface area contributed by atoms with Crippen molar-refractivity contribution in [3.05, 3.63) is 82.2 Å². The molecule has 30 heavy (non-hydrogen) atoms. The molecule has 0 aliphatic carbocycles. The maximum atomic E-state index is 6.22. The average molecular weight is 439 g/mol. The molecular weight excluding hydrogens is 415 g/mol. The molecule has 2 aromatic carbocycles. The second-order valence-corrected chi connectivity index (χ2v) is 8.95. The molecule has 4 aromatic rings. The Kier molecular flexibility index (Phi) is 5.55. The molecule has 1 N–H and O–H groups in total. The molecule has 1 saturated heterocycles. The maximum Gasteiger partial charge on any atom is 0.0660 e. The molecule has 4 nitrogen and oxygen atoms in total. The van der Waals surface area contributed by atoms with E-state index in [2.05, 4.69) is 39.5 Å². The van der Waals surface area contributed by atoms with Crippen LogP contribution in [0.5, 0.6) is 0 Å². The standard InChI is InChI=1S/C24H24Cl2N4/c25-19-2-1-3-21(12-19)30-16-17(14-28-30)6-9-29-10-7-18(8-11-29)23-15-27-24-5-4-20(26)13-22(23)24/h1-5,12-16,18,27H,6-11H2. The summed E-state index contributed by atoms with van der Waals surface area (Å²) in [4.78, 5) is 5.96. The van der Waals surface area contributed by atoms with Gasteiger partial charge in [0.15, 0.2) is 0 Å². The van der Waals surface area contributed by atoms with Crippen LogP contribution in [-0.4, -0.2) is 39.3 Å². The summed E-state index contributed by atoms with van der Waals surface area (Å²) in [6.45, 7) is 3.31. The number of likely N-dealkylation sites (tertiary alicyclic amines) is 1. The van der Waals surface area contributed by atoms with Crippen LogP contribution in [-0.2, 0) is 6.42 Å². The van der Waals surface area contributed by atoms with Gasteiger partial charge in [-0.25, -0.2) is 4.68 Å². The molecule has 6 heteroatoms. The number of nitrogens with zero attached hydrogens (tertiary/aromatic N) is 3. The van der Waals surface area contributed by atoms with E-state index in [1.165, 1.54) is 34.9 Å². The normalized spacial score (nSPS) is 15.8. The first-order chi connectivity index (χ1) is 14.7. The monoisotopic (exact) mass is 438 g/mol. The van der Waals surface area contributed by atoms with E-state index in [1.54, 1.807) is 0 Å². The van der Waals surface area contributed by atoms with Crippen molar-refractivity contribution in [2.24, 2.45) is 0 Å². The molecule has 0 amide bonds. The molecule has 0 radical (unpaired) electrons. The zero-order chi connectivity index (χ0) is 20.5. The zero-order valence-corrected chi connectivity index (χ0v) is 18.2. The third-order valence-electron chi connectivity index (χ3n) is 6.13. The fraction of sp³-hybridized carbons (Fsp3) is 0.292. The molecule has 5 rings (SSSR count). The predicted octanol–water partition coefficient (Wildman–Crippen LogP) is 6.08. The van der Waals surface area contributed by atoms with E-state index in [-0.39, 0.29) is 0 Å². The van der Waals surface area contributed by atoms with Crippen molar-refractivity contribution in [3.8, 4) is 5.69 Å². The fourth-order valence-corrected chi connectivity index (χ4v) is 4.81. The topological polar surface area (TPSA) is 36.9 Å². The fourth-order valence-electron chi connectivity index (χ4n) is 4.46. The molecule has 1 aliphatic rings. The Hall–Kier alpha value is -2.27. The van der Waals surface area contributed by atoms with Crippen LogP contribution in [0.1, 0.15) is 29.9 Å². The Morgan fingerprint density at radius 2 is 1.87 bits per heavy atom. The zero-order valence-electron chi connectivity index (χ0n) is 16.7. The number of hydrogen-bond acceptors (Lipinski definition) is 2. The van der Waals surface area contributed by atoms with Crippen molar-refractivity contribution in [1.29, 1.82) is 0 Å². The molecule has 0 spiro atoms. The van der Waals surface area contributed by atoms with Crippen LogP contribution in [0.4, 0.5) is 0 Å². The van der Waals surface area contributed by atoms with Crippen molar-refractivity contribution in [2.45, 2.75) is 25.2 Å². The number of fused-ring (bicyclic) bond motifs is 1. The quantitative estimate of drug-likeness (QED) is 0.409. The van der Waals surface area contributed by atoms with Crippen LogP contribution in [0, 0.1) is 0 Å². The van der Waals surface area contributed by atoms with Gasteiger partial charge in [-0.2, -0.15) is 5.10 Å². The summed E-state index contributed by atoms with van der Waals surface area (Å²) in [5, 5.41) is 7.30. The van der Waals surface area contributed by atoms with Gasteiger partial charge >= 0.3 is 0 Å². The molecule has 0 bridgehead atoms. The lowest BCUT2D eigenvalue weighted by atomic mass is 9.89. The van der Waals surface area contributed by atoms with Gasteiger partial charge in [0, 0.05) is 39.9 Å². The van der Waals surface area contributed by atoms with Gasteiger partial charge in [-0.1, -0.05) is 29.3 Å². The van der Waals surface area contributed by atoms with Crippen LogP contribution in [0.25, 0.3) is 16.6 Å². The van der Waals surface area contributed by atoms with E-state index in [4.69, 9.17) is 23.2 Å². The van der Waals surface area contributed by atoms with Crippen molar-refractivity contribution in [1.82, 2.24) is 19.7 Å². The van der Waals surface area contributed by atoms with E-state index in [0.29, 0.717) is 5.92 Å². The van der Waals surface area contributed by atoms with Gasteiger partial charge < -0.3 is 9.88 Å². The summed E-state index contributed by atoms with van der Waals surface area (Å²) in [6, 6.07) is 13.9. The van der Waals surface area contributed by atoms with Gasteiger partial charge in [0.2, 0.25) is 0 Å². The lowest BCUT2D eigenvalue weighted by molar-refractivity contribution is 0.215. The number of H-pyrrole nitrogens is 1. The molecule has 2 aromatic heterocycles. The number of rotatable bonds is 5. The van der Waals surface area contributed by atoms with Gasteiger partial charge in [0.25, 0.3) is 0 Å². The highest BCUT2D eigenvalue weighted by molar-refractivity contribution is 6.31. The maximum absolute atomic E-state index is 6.22. The largest absolute Gasteiger partial charge is 0.361 e. The summed E-state index contributed by atoms with van der Waals surface area (Å²) in [6.07, 6.45) is 9.61. The van der Waals surface area contributed by atoms with E-state index >= 15 is 0 Å². The van der Waals surface area contributed by atoms with Crippen molar-refractivity contribution in [2.75, 3.05) is 19.6 Å². The number of benzene rings is 2. The Balaban J connectivity index is 1.17. The van der Waals surface area contributed by atoms with Crippen molar-refractivity contribution < 1.29 is 0 Å². The highest BCUT2D eigenvalue weighted by Gasteiger charge is 2.22. The lowest BCUT2D eigenvalue weighted by Gasteiger charge is -2.31. The van der Waals surface area contributed by atoms with Crippen molar-refractivity contribution >= 4 is 34.1 Å². The molecule has 154 valence electrons. The molecule has 1 fully saturated rings. The smallest absolute Gasteiger partial charge is 0.0660 e. The summed E-state index contributed by atoms with van der Waals surface area (Å²) >= 11 is 12.3. The van der Waals surface area contributed by atoms with Gasteiger partial charge in [0.05, 0.1) is 11.9 Å². The predicted molar refractivity (Wildman–Crippen MR) is 124 cm³/mol. The highest BCUT2D eigenvalue weighted by atomic mass is 35.5. The highest BCUT2D eigenvalue weighted by Crippen LogP contribution is 2.34. The number of piperidine rings is 1. The third kappa shape index (κ3) is 4.13. The van der Waals surface area contributed by atoms with E-state index in [1.807, 2.05) is 41.2 Å². The Bertz CT molecular complexity index is 1150. The molecular formula is C24H24Cl2N4. The van der Waals surface area contributed by atoms with Crippen LogP contribution in [0.2, 0.25) is 10.0 Å². The van der Waals surface area contributed by atoms with Crippen molar-refractivity contribution in [3.63, 3.8) is 0 Å². The molecule has 3 heterocycles. The summed E-state index contributed by atoms with van der Waals surface area (Å²) < 4.78 is 1.90. The first-order valence-electron chi connectivity index (χ1n) is 10.4. The van der Waals surface area contributed by atoms with Gasteiger partial charge in [-0.05, 0) is 85.8 Å². The summed E-state index contributed by atoms with van der Waals surface area (Å²) in [5.41, 5.74) is 4.83. The van der Waals surface area contributed by atoms with Crippen LogP contribution in [0.3, 0.4) is 0 Å². The SMILES string of the molecule is Clc1cccc(-n2cc(CCN3CCC(c4c[nH]c5ccc(Cl)cc45)CC3)cn2)c1. The average Bonchev–Trinajstić information content (AvgIpc) is 3.40. The summed E-state index contributed by atoms with van der Waals surface area (Å²) in [5.74, 6) is 0.596. The van der Waals surface area contributed by atoms with Crippen LogP contribution in [0.15, 0.2) is 61.1 Å². The first-order valence-corrected chi connectivity index (χ1v) is 11.2. The minimum Gasteiger partial charge on any atom is -0.361 e. The molecule has 0 saturated carbocycles.